The Kier molecular flexibility index (Phi) is 4.18. The molecule has 0 spiro atoms. The van der Waals surface area contributed by atoms with Gasteiger partial charge in [-0.2, -0.15) is 0 Å². The first kappa shape index (κ1) is 12.6. The summed E-state index contributed by atoms with van der Waals surface area (Å²) in [5.41, 5.74) is 0. The van der Waals surface area contributed by atoms with E-state index in [9.17, 15) is 4.79 Å². The number of nitrogens with zero attached hydrogens (tertiary/aromatic N) is 1. The van der Waals surface area contributed by atoms with Crippen molar-refractivity contribution in [2.45, 2.75) is 32.7 Å². The Bertz CT molecular complexity index is 381. The van der Waals surface area contributed by atoms with Crippen LogP contribution in [-0.2, 0) is 6.54 Å². The fourth-order valence-corrected chi connectivity index (χ4v) is 3.24. The topological polar surface area (TPSA) is 40.5 Å². The predicted octanol–water partition coefficient (Wildman–Crippen LogP) is 3.07. The van der Waals surface area contributed by atoms with Crippen LogP contribution in [0.15, 0.2) is 12.1 Å². The van der Waals surface area contributed by atoms with Crippen LogP contribution in [0.3, 0.4) is 0 Å². The van der Waals surface area contributed by atoms with Crippen molar-refractivity contribution in [3.63, 3.8) is 0 Å². The standard InChI is InChI=1S/C13H19NO2S/c1-2-10-5-7-14(8-6-10)9-11-3-4-12(17-11)13(15)16/h3-4,10H,2,5-9H2,1H3,(H,15,16). The number of hydrogen-bond donors (Lipinski definition) is 1. The number of thiophene rings is 1. The van der Waals surface area contributed by atoms with Gasteiger partial charge in [-0.15, -0.1) is 11.3 Å². The Morgan fingerprint density at radius 1 is 1.47 bits per heavy atom. The lowest BCUT2D eigenvalue weighted by Gasteiger charge is -2.31. The van der Waals surface area contributed by atoms with E-state index in [1.165, 1.54) is 30.6 Å². The highest BCUT2D eigenvalue weighted by atomic mass is 32.1. The Morgan fingerprint density at radius 2 is 2.18 bits per heavy atom. The largest absolute Gasteiger partial charge is 0.477 e. The molecule has 3 nitrogen and oxygen atoms in total. The number of carbonyl (C=O) groups is 1. The number of rotatable bonds is 4. The molecule has 94 valence electrons. The average Bonchev–Trinajstić information content (AvgIpc) is 2.79. The zero-order valence-electron chi connectivity index (χ0n) is 10.2. The van der Waals surface area contributed by atoms with Crippen LogP contribution in [0.4, 0.5) is 0 Å². The molecule has 4 heteroatoms. The van der Waals surface area contributed by atoms with E-state index in [-0.39, 0.29) is 0 Å². The fraction of sp³-hybridized carbons (Fsp3) is 0.615. The van der Waals surface area contributed by atoms with Gasteiger partial charge in [0.05, 0.1) is 0 Å². The van der Waals surface area contributed by atoms with E-state index in [2.05, 4.69) is 11.8 Å². The number of aromatic carboxylic acids is 1. The summed E-state index contributed by atoms with van der Waals surface area (Å²) in [6, 6.07) is 3.65. The number of carboxylic acids is 1. The Balaban J connectivity index is 1.86. The van der Waals surface area contributed by atoms with Gasteiger partial charge < -0.3 is 5.11 Å². The van der Waals surface area contributed by atoms with Crippen LogP contribution in [0, 0.1) is 5.92 Å². The summed E-state index contributed by atoms with van der Waals surface area (Å²) in [5.74, 6) is 0.0788. The number of hydrogen-bond acceptors (Lipinski definition) is 3. The molecule has 0 atom stereocenters. The first-order valence-corrected chi connectivity index (χ1v) is 7.05. The van der Waals surface area contributed by atoms with Gasteiger partial charge >= 0.3 is 5.97 Å². The lowest BCUT2D eigenvalue weighted by atomic mass is 9.94. The van der Waals surface area contributed by atoms with Crippen LogP contribution in [0.1, 0.15) is 40.7 Å². The number of piperidine rings is 1. The average molecular weight is 253 g/mol. The molecule has 0 amide bonds. The Hall–Kier alpha value is -0.870. The summed E-state index contributed by atoms with van der Waals surface area (Å²) in [4.78, 5) is 14.8. The maximum atomic E-state index is 10.8. The fourth-order valence-electron chi connectivity index (χ4n) is 2.35. The van der Waals surface area contributed by atoms with Crippen molar-refractivity contribution in [1.82, 2.24) is 4.90 Å². The van der Waals surface area contributed by atoms with Crippen molar-refractivity contribution in [2.24, 2.45) is 5.92 Å². The second kappa shape index (κ2) is 5.65. The van der Waals surface area contributed by atoms with Gasteiger partial charge in [0.1, 0.15) is 4.88 Å². The number of carboxylic acid groups (broad SMARTS) is 1. The third kappa shape index (κ3) is 3.30. The molecule has 2 rings (SSSR count). The van der Waals surface area contributed by atoms with Crippen molar-refractivity contribution >= 4 is 17.3 Å². The zero-order valence-corrected chi connectivity index (χ0v) is 11.0. The van der Waals surface area contributed by atoms with Gasteiger partial charge in [0.25, 0.3) is 0 Å². The lowest BCUT2D eigenvalue weighted by Crippen LogP contribution is -2.32. The van der Waals surface area contributed by atoms with Crippen LogP contribution < -0.4 is 0 Å². The molecule has 0 aliphatic carbocycles. The van der Waals surface area contributed by atoms with Gasteiger partial charge in [-0.3, -0.25) is 4.90 Å². The summed E-state index contributed by atoms with van der Waals surface area (Å²) in [6.07, 6.45) is 3.86. The zero-order chi connectivity index (χ0) is 12.3. The van der Waals surface area contributed by atoms with E-state index < -0.39 is 5.97 Å². The van der Waals surface area contributed by atoms with Gasteiger partial charge in [-0.05, 0) is 44.0 Å². The minimum atomic E-state index is -0.814. The quantitative estimate of drug-likeness (QED) is 0.896. The van der Waals surface area contributed by atoms with Gasteiger partial charge in [-0.1, -0.05) is 13.3 Å². The van der Waals surface area contributed by atoms with E-state index in [0.717, 1.165) is 30.4 Å². The lowest BCUT2D eigenvalue weighted by molar-refractivity contribution is 0.0702. The van der Waals surface area contributed by atoms with Crippen molar-refractivity contribution in [3.05, 3.63) is 21.9 Å². The normalized spacial score (nSPS) is 18.4. The maximum Gasteiger partial charge on any atom is 0.345 e. The van der Waals surface area contributed by atoms with Crippen LogP contribution in [0.2, 0.25) is 0 Å². The molecule has 1 N–H and O–H groups in total. The second-order valence-corrected chi connectivity index (χ2v) is 5.87. The van der Waals surface area contributed by atoms with Crippen molar-refractivity contribution in [3.8, 4) is 0 Å². The summed E-state index contributed by atoms with van der Waals surface area (Å²) < 4.78 is 0. The Morgan fingerprint density at radius 3 is 2.71 bits per heavy atom. The molecule has 1 aliphatic heterocycles. The van der Waals surface area contributed by atoms with E-state index in [0.29, 0.717) is 4.88 Å². The molecule has 2 heterocycles. The molecule has 17 heavy (non-hydrogen) atoms. The highest BCUT2D eigenvalue weighted by Gasteiger charge is 2.18. The number of likely N-dealkylation sites (tertiary alicyclic amines) is 1. The molecule has 1 fully saturated rings. The third-order valence-electron chi connectivity index (χ3n) is 3.54. The van der Waals surface area contributed by atoms with Crippen molar-refractivity contribution in [1.29, 1.82) is 0 Å². The van der Waals surface area contributed by atoms with Crippen LogP contribution >= 0.6 is 11.3 Å². The first-order valence-electron chi connectivity index (χ1n) is 6.23. The highest BCUT2D eigenvalue weighted by molar-refractivity contribution is 7.13. The van der Waals surface area contributed by atoms with E-state index in [1.54, 1.807) is 6.07 Å². The monoisotopic (exact) mass is 253 g/mol. The van der Waals surface area contributed by atoms with Crippen LogP contribution in [0.25, 0.3) is 0 Å². The molecule has 0 aromatic carbocycles. The molecule has 0 radical (unpaired) electrons. The van der Waals surface area contributed by atoms with E-state index in [1.807, 2.05) is 6.07 Å². The van der Waals surface area contributed by atoms with Gasteiger partial charge in [0, 0.05) is 11.4 Å². The van der Waals surface area contributed by atoms with E-state index >= 15 is 0 Å². The molecule has 1 saturated heterocycles. The molecular weight excluding hydrogens is 234 g/mol. The molecule has 0 bridgehead atoms. The minimum Gasteiger partial charge on any atom is -0.477 e. The van der Waals surface area contributed by atoms with Crippen molar-refractivity contribution < 1.29 is 9.90 Å². The summed E-state index contributed by atoms with van der Waals surface area (Å²) >= 11 is 1.40. The molecule has 1 aromatic rings. The molecule has 1 aliphatic rings. The first-order chi connectivity index (χ1) is 8.19. The molecule has 0 saturated carbocycles. The van der Waals surface area contributed by atoms with Crippen molar-refractivity contribution in [2.75, 3.05) is 13.1 Å². The highest BCUT2D eigenvalue weighted by Crippen LogP contribution is 2.23. The van der Waals surface area contributed by atoms with Crippen LogP contribution in [0.5, 0.6) is 0 Å². The minimum absolute atomic E-state index is 0.448. The third-order valence-corrected chi connectivity index (χ3v) is 4.59. The summed E-state index contributed by atoms with van der Waals surface area (Å²) in [7, 11) is 0. The van der Waals surface area contributed by atoms with E-state index in [4.69, 9.17) is 5.11 Å². The SMILES string of the molecule is CCC1CCN(Cc2ccc(C(=O)O)s2)CC1. The molecule has 0 unspecified atom stereocenters. The van der Waals surface area contributed by atoms with Gasteiger partial charge in [0.15, 0.2) is 0 Å². The molecular formula is C13H19NO2S. The second-order valence-electron chi connectivity index (χ2n) is 4.70. The Labute approximate surface area is 106 Å². The van der Waals surface area contributed by atoms with Gasteiger partial charge in [0.2, 0.25) is 0 Å². The maximum absolute atomic E-state index is 10.8. The van der Waals surface area contributed by atoms with Crippen LogP contribution in [-0.4, -0.2) is 29.1 Å². The predicted molar refractivity (Wildman–Crippen MR) is 69.6 cm³/mol. The molecule has 1 aromatic heterocycles. The summed E-state index contributed by atoms with van der Waals surface area (Å²) in [5, 5.41) is 8.87. The van der Waals surface area contributed by atoms with Gasteiger partial charge in [-0.25, -0.2) is 4.79 Å². The smallest absolute Gasteiger partial charge is 0.345 e. The summed E-state index contributed by atoms with van der Waals surface area (Å²) in [6.45, 7) is 5.48.